The summed E-state index contributed by atoms with van der Waals surface area (Å²) < 4.78 is 1.88. The molecule has 1 N–H and O–H groups in total. The lowest BCUT2D eigenvalue weighted by Gasteiger charge is -2.15. The van der Waals surface area contributed by atoms with Gasteiger partial charge in [0.25, 0.3) is 0 Å². The first-order valence-corrected chi connectivity index (χ1v) is 6.66. The molecule has 2 rings (SSSR count). The summed E-state index contributed by atoms with van der Waals surface area (Å²) in [5.41, 5.74) is 2.25. The van der Waals surface area contributed by atoms with Crippen LogP contribution in [0.4, 0.5) is 5.69 Å². The number of hydrogen-bond acceptors (Lipinski definition) is 2. The van der Waals surface area contributed by atoms with E-state index in [1.165, 1.54) is 19.3 Å². The smallest absolute Gasteiger partial charge is 0.0666 e. The van der Waals surface area contributed by atoms with E-state index in [4.69, 9.17) is 0 Å². The highest BCUT2D eigenvalue weighted by atomic mass is 15.3. The summed E-state index contributed by atoms with van der Waals surface area (Å²) in [5, 5.41) is 7.78. The van der Waals surface area contributed by atoms with Crippen molar-refractivity contribution in [1.29, 1.82) is 0 Å². The molecule has 0 bridgehead atoms. The van der Waals surface area contributed by atoms with Gasteiger partial charge < -0.3 is 5.32 Å². The third-order valence-electron chi connectivity index (χ3n) is 3.02. The van der Waals surface area contributed by atoms with E-state index in [0.717, 1.165) is 11.4 Å². The highest BCUT2D eigenvalue weighted by Gasteiger charge is 2.03. The van der Waals surface area contributed by atoms with E-state index >= 15 is 0 Å². The molecule has 3 heteroatoms. The Bertz CT molecular complexity index is 462. The van der Waals surface area contributed by atoms with Crippen LogP contribution in [-0.2, 0) is 0 Å². The van der Waals surface area contributed by atoms with Gasteiger partial charge >= 0.3 is 0 Å². The summed E-state index contributed by atoms with van der Waals surface area (Å²) in [6, 6.07) is 10.8. The average molecular weight is 243 g/mol. The zero-order chi connectivity index (χ0) is 12.8. The van der Waals surface area contributed by atoms with E-state index in [2.05, 4.69) is 48.5 Å². The van der Waals surface area contributed by atoms with Gasteiger partial charge in [-0.1, -0.05) is 25.8 Å². The van der Waals surface area contributed by atoms with Crippen molar-refractivity contribution < 1.29 is 0 Å². The second-order valence-electron chi connectivity index (χ2n) is 4.69. The minimum atomic E-state index is 0.512. The number of hydrogen-bond donors (Lipinski definition) is 1. The lowest BCUT2D eigenvalue weighted by atomic mass is 10.1. The average Bonchev–Trinajstić information content (AvgIpc) is 2.90. The molecule has 1 aromatic carbocycles. The van der Waals surface area contributed by atoms with Gasteiger partial charge in [0.2, 0.25) is 0 Å². The molecular weight excluding hydrogens is 222 g/mol. The summed E-state index contributed by atoms with van der Waals surface area (Å²) in [6.07, 6.45) is 7.48. The van der Waals surface area contributed by atoms with Crippen molar-refractivity contribution in [3.63, 3.8) is 0 Å². The van der Waals surface area contributed by atoms with Crippen molar-refractivity contribution in [2.75, 3.05) is 5.32 Å². The Hall–Kier alpha value is -1.77. The van der Waals surface area contributed by atoms with Gasteiger partial charge in [-0.2, -0.15) is 5.10 Å². The van der Waals surface area contributed by atoms with E-state index in [-0.39, 0.29) is 0 Å². The van der Waals surface area contributed by atoms with Crippen molar-refractivity contribution in [3.8, 4) is 5.69 Å². The van der Waals surface area contributed by atoms with Gasteiger partial charge in [-0.05, 0) is 37.6 Å². The van der Waals surface area contributed by atoms with Gasteiger partial charge in [-0.25, -0.2) is 4.68 Å². The summed E-state index contributed by atoms with van der Waals surface area (Å²) in [4.78, 5) is 0. The van der Waals surface area contributed by atoms with Gasteiger partial charge in [-0.3, -0.25) is 0 Å². The highest BCUT2D eigenvalue weighted by Crippen LogP contribution is 2.16. The molecule has 3 nitrogen and oxygen atoms in total. The molecule has 1 atom stereocenters. The Morgan fingerprint density at radius 2 is 2.22 bits per heavy atom. The van der Waals surface area contributed by atoms with E-state index in [1.807, 2.05) is 16.9 Å². The number of benzene rings is 1. The van der Waals surface area contributed by atoms with Crippen molar-refractivity contribution in [2.24, 2.45) is 0 Å². The normalized spacial score (nSPS) is 12.3. The first-order valence-electron chi connectivity index (χ1n) is 6.66. The van der Waals surface area contributed by atoms with Crippen LogP contribution in [0, 0.1) is 0 Å². The standard InChI is InChI=1S/C15H21N3/c1-3-4-7-13(2)17-14-8-5-9-15(12-14)18-11-6-10-16-18/h5-6,8-13,17H,3-4,7H2,1-2H3. The van der Waals surface area contributed by atoms with Crippen LogP contribution in [0.15, 0.2) is 42.7 Å². The van der Waals surface area contributed by atoms with Crippen LogP contribution in [0.1, 0.15) is 33.1 Å². The zero-order valence-corrected chi connectivity index (χ0v) is 11.1. The Labute approximate surface area is 109 Å². The molecule has 18 heavy (non-hydrogen) atoms. The molecule has 1 unspecified atom stereocenters. The fourth-order valence-electron chi connectivity index (χ4n) is 2.03. The second-order valence-corrected chi connectivity index (χ2v) is 4.69. The Morgan fingerprint density at radius 3 is 2.94 bits per heavy atom. The predicted molar refractivity (Wildman–Crippen MR) is 76.2 cm³/mol. The molecule has 0 spiro atoms. The molecule has 96 valence electrons. The fourth-order valence-corrected chi connectivity index (χ4v) is 2.03. The maximum atomic E-state index is 4.25. The molecule has 1 aromatic heterocycles. The molecule has 0 aliphatic heterocycles. The van der Waals surface area contributed by atoms with Crippen molar-refractivity contribution >= 4 is 5.69 Å². The third-order valence-corrected chi connectivity index (χ3v) is 3.02. The predicted octanol–water partition coefficient (Wildman–Crippen LogP) is 3.86. The zero-order valence-electron chi connectivity index (χ0n) is 11.1. The first kappa shape index (κ1) is 12.7. The molecule has 1 heterocycles. The molecule has 0 radical (unpaired) electrons. The number of nitrogens with one attached hydrogen (secondary N) is 1. The lowest BCUT2D eigenvalue weighted by Crippen LogP contribution is -2.14. The molecule has 0 amide bonds. The Balaban J connectivity index is 2.03. The van der Waals surface area contributed by atoms with Crippen LogP contribution in [0.5, 0.6) is 0 Å². The van der Waals surface area contributed by atoms with Crippen LogP contribution in [0.3, 0.4) is 0 Å². The quantitative estimate of drug-likeness (QED) is 0.834. The van der Waals surface area contributed by atoms with Gasteiger partial charge in [0.05, 0.1) is 5.69 Å². The number of unbranched alkanes of at least 4 members (excludes halogenated alkanes) is 1. The first-order chi connectivity index (χ1) is 8.79. The van der Waals surface area contributed by atoms with E-state index in [0.29, 0.717) is 6.04 Å². The number of aromatic nitrogens is 2. The topological polar surface area (TPSA) is 29.9 Å². The van der Waals surface area contributed by atoms with Crippen LogP contribution in [0.25, 0.3) is 5.69 Å². The minimum Gasteiger partial charge on any atom is -0.383 e. The Morgan fingerprint density at radius 1 is 1.33 bits per heavy atom. The van der Waals surface area contributed by atoms with Crippen LogP contribution in [0.2, 0.25) is 0 Å². The second kappa shape index (κ2) is 6.24. The number of anilines is 1. The van der Waals surface area contributed by atoms with E-state index < -0.39 is 0 Å². The summed E-state index contributed by atoms with van der Waals surface area (Å²) in [7, 11) is 0. The fraction of sp³-hybridized carbons (Fsp3) is 0.400. The summed E-state index contributed by atoms with van der Waals surface area (Å²) >= 11 is 0. The maximum absolute atomic E-state index is 4.25. The molecule has 0 fully saturated rings. The summed E-state index contributed by atoms with van der Waals surface area (Å²) in [6.45, 7) is 4.46. The molecule has 0 saturated heterocycles. The highest BCUT2D eigenvalue weighted by molar-refractivity contribution is 5.51. The van der Waals surface area contributed by atoms with E-state index in [9.17, 15) is 0 Å². The molecule has 2 aromatic rings. The minimum absolute atomic E-state index is 0.512. The van der Waals surface area contributed by atoms with Gasteiger partial charge in [0, 0.05) is 24.1 Å². The largest absolute Gasteiger partial charge is 0.383 e. The van der Waals surface area contributed by atoms with Crippen molar-refractivity contribution in [2.45, 2.75) is 39.2 Å². The van der Waals surface area contributed by atoms with Crippen LogP contribution in [-0.4, -0.2) is 15.8 Å². The van der Waals surface area contributed by atoms with Crippen molar-refractivity contribution in [3.05, 3.63) is 42.7 Å². The third kappa shape index (κ3) is 3.36. The molecule has 0 saturated carbocycles. The van der Waals surface area contributed by atoms with E-state index in [1.54, 1.807) is 6.20 Å². The monoisotopic (exact) mass is 243 g/mol. The van der Waals surface area contributed by atoms with Crippen LogP contribution >= 0.6 is 0 Å². The van der Waals surface area contributed by atoms with Gasteiger partial charge in [-0.15, -0.1) is 0 Å². The number of nitrogens with zero attached hydrogens (tertiary/aromatic N) is 2. The van der Waals surface area contributed by atoms with Gasteiger partial charge in [0.15, 0.2) is 0 Å². The van der Waals surface area contributed by atoms with Gasteiger partial charge in [0.1, 0.15) is 0 Å². The van der Waals surface area contributed by atoms with Crippen LogP contribution < -0.4 is 5.32 Å². The molecular formula is C15H21N3. The Kier molecular flexibility index (Phi) is 4.40. The summed E-state index contributed by atoms with van der Waals surface area (Å²) in [5.74, 6) is 0. The maximum Gasteiger partial charge on any atom is 0.0666 e. The SMILES string of the molecule is CCCCC(C)Nc1cccc(-n2cccn2)c1. The van der Waals surface area contributed by atoms with Crippen molar-refractivity contribution in [1.82, 2.24) is 9.78 Å². The lowest BCUT2D eigenvalue weighted by molar-refractivity contribution is 0.645. The molecule has 0 aliphatic carbocycles. The molecule has 0 aliphatic rings. The number of rotatable bonds is 6.